The number of anilines is 1. The summed E-state index contributed by atoms with van der Waals surface area (Å²) < 4.78 is 0. The van der Waals surface area contributed by atoms with Crippen LogP contribution in [0.15, 0.2) is 12.3 Å². The number of hydrogen-bond donors (Lipinski definition) is 1. The molecule has 6 nitrogen and oxygen atoms in total. The van der Waals surface area contributed by atoms with E-state index in [1.807, 2.05) is 4.90 Å². The molecule has 0 fully saturated rings. The van der Waals surface area contributed by atoms with Crippen LogP contribution in [0, 0.1) is 17.0 Å². The molecule has 6 heteroatoms. The number of rotatable bonds is 7. The highest BCUT2D eigenvalue weighted by molar-refractivity contribution is 5.48. The van der Waals surface area contributed by atoms with Gasteiger partial charge in [0.2, 0.25) is 0 Å². The molecule has 0 saturated carbocycles. The molecule has 0 bridgehead atoms. The summed E-state index contributed by atoms with van der Waals surface area (Å²) in [6.07, 6.45) is 3.33. The average Bonchev–Trinajstić information content (AvgIpc) is 2.33. The van der Waals surface area contributed by atoms with Crippen LogP contribution in [0.1, 0.15) is 25.3 Å². The molecule has 1 aromatic rings. The summed E-state index contributed by atoms with van der Waals surface area (Å²) in [5.41, 5.74) is 0.614. The second-order valence-corrected chi connectivity index (χ2v) is 4.15. The second-order valence-electron chi connectivity index (χ2n) is 4.15. The van der Waals surface area contributed by atoms with Gasteiger partial charge in [-0.25, -0.2) is 4.98 Å². The van der Waals surface area contributed by atoms with Crippen LogP contribution < -0.4 is 4.90 Å². The van der Waals surface area contributed by atoms with Gasteiger partial charge in [-0.15, -0.1) is 0 Å². The van der Waals surface area contributed by atoms with Crippen molar-refractivity contribution < 1.29 is 10.0 Å². The van der Waals surface area contributed by atoms with E-state index < -0.39 is 4.92 Å². The molecule has 0 amide bonds. The molecule has 0 aliphatic heterocycles. The number of aliphatic hydroxyl groups is 1. The van der Waals surface area contributed by atoms with Crippen LogP contribution in [0.25, 0.3) is 0 Å². The molecule has 1 heterocycles. The summed E-state index contributed by atoms with van der Waals surface area (Å²) in [6.45, 7) is 5.11. The van der Waals surface area contributed by atoms with Gasteiger partial charge >= 0.3 is 0 Å². The van der Waals surface area contributed by atoms with E-state index >= 15 is 0 Å². The van der Waals surface area contributed by atoms with Crippen LogP contribution >= 0.6 is 0 Å². The SMILES string of the molecule is CCCCN(CCO)c1cc(C)c([N+](=O)[O-])cn1. The number of nitro groups is 1. The lowest BCUT2D eigenvalue weighted by Gasteiger charge is -2.22. The third kappa shape index (κ3) is 3.66. The Labute approximate surface area is 106 Å². The predicted molar refractivity (Wildman–Crippen MR) is 69.8 cm³/mol. The van der Waals surface area contributed by atoms with Gasteiger partial charge in [-0.05, 0) is 19.4 Å². The normalized spacial score (nSPS) is 10.4. The molecule has 18 heavy (non-hydrogen) atoms. The first kappa shape index (κ1) is 14.4. The minimum Gasteiger partial charge on any atom is -0.395 e. The minimum atomic E-state index is -0.436. The van der Waals surface area contributed by atoms with Gasteiger partial charge < -0.3 is 10.0 Å². The topological polar surface area (TPSA) is 79.5 Å². The molecule has 0 unspecified atom stereocenters. The monoisotopic (exact) mass is 253 g/mol. The Morgan fingerprint density at radius 2 is 2.22 bits per heavy atom. The van der Waals surface area contributed by atoms with E-state index in [0.29, 0.717) is 17.9 Å². The van der Waals surface area contributed by atoms with Gasteiger partial charge in [0.05, 0.1) is 11.5 Å². The number of aromatic nitrogens is 1. The summed E-state index contributed by atoms with van der Waals surface area (Å²) in [5.74, 6) is 0.681. The molecular weight excluding hydrogens is 234 g/mol. The van der Waals surface area contributed by atoms with E-state index in [4.69, 9.17) is 5.11 Å². The van der Waals surface area contributed by atoms with Crippen molar-refractivity contribution in [2.24, 2.45) is 0 Å². The van der Waals surface area contributed by atoms with Gasteiger partial charge in [0.25, 0.3) is 5.69 Å². The minimum absolute atomic E-state index is 0.0261. The average molecular weight is 253 g/mol. The Kier molecular flexibility index (Phi) is 5.51. The number of pyridine rings is 1. The van der Waals surface area contributed by atoms with Crippen molar-refractivity contribution in [3.63, 3.8) is 0 Å². The van der Waals surface area contributed by atoms with Crippen LogP contribution in [0.3, 0.4) is 0 Å². The van der Waals surface area contributed by atoms with Gasteiger partial charge in [-0.1, -0.05) is 13.3 Å². The lowest BCUT2D eigenvalue weighted by Crippen LogP contribution is -2.28. The van der Waals surface area contributed by atoms with E-state index in [-0.39, 0.29) is 12.3 Å². The van der Waals surface area contributed by atoms with Gasteiger partial charge in [0.1, 0.15) is 12.0 Å². The number of hydrogen-bond acceptors (Lipinski definition) is 5. The van der Waals surface area contributed by atoms with Gasteiger partial charge in [0.15, 0.2) is 0 Å². The van der Waals surface area contributed by atoms with E-state index in [0.717, 1.165) is 19.4 Å². The Morgan fingerprint density at radius 3 is 2.72 bits per heavy atom. The Balaban J connectivity index is 2.91. The second kappa shape index (κ2) is 6.90. The first-order valence-electron chi connectivity index (χ1n) is 6.07. The quantitative estimate of drug-likeness (QED) is 0.593. The fourth-order valence-corrected chi connectivity index (χ4v) is 1.71. The highest BCUT2D eigenvalue weighted by atomic mass is 16.6. The molecule has 0 spiro atoms. The lowest BCUT2D eigenvalue weighted by atomic mass is 10.2. The lowest BCUT2D eigenvalue weighted by molar-refractivity contribution is -0.385. The zero-order valence-electron chi connectivity index (χ0n) is 10.8. The van der Waals surface area contributed by atoms with Crippen LogP contribution in [0.4, 0.5) is 11.5 Å². The number of unbranched alkanes of at least 4 members (excludes halogenated alkanes) is 1. The molecule has 1 aromatic heterocycles. The van der Waals surface area contributed by atoms with Crippen molar-refractivity contribution in [1.29, 1.82) is 0 Å². The summed E-state index contributed by atoms with van der Waals surface area (Å²) in [5, 5.41) is 19.7. The maximum atomic E-state index is 10.7. The number of nitrogens with zero attached hydrogens (tertiary/aromatic N) is 3. The van der Waals surface area contributed by atoms with Gasteiger partial charge in [-0.2, -0.15) is 0 Å². The first-order valence-corrected chi connectivity index (χ1v) is 6.07. The fraction of sp³-hybridized carbons (Fsp3) is 0.583. The maximum absolute atomic E-state index is 10.7. The first-order chi connectivity index (χ1) is 8.60. The molecule has 0 atom stereocenters. The summed E-state index contributed by atoms with van der Waals surface area (Å²) in [7, 11) is 0. The molecule has 100 valence electrons. The Bertz CT molecular complexity index is 410. The smallest absolute Gasteiger partial charge is 0.290 e. The van der Waals surface area contributed by atoms with Gasteiger partial charge in [-0.3, -0.25) is 10.1 Å². The molecule has 0 radical (unpaired) electrons. The fourth-order valence-electron chi connectivity index (χ4n) is 1.71. The molecule has 0 aliphatic carbocycles. The van der Waals surface area contributed by atoms with Crippen LogP contribution in [-0.2, 0) is 0 Å². The van der Waals surface area contributed by atoms with E-state index in [2.05, 4.69) is 11.9 Å². The van der Waals surface area contributed by atoms with Crippen molar-refractivity contribution in [3.8, 4) is 0 Å². The molecule has 1 N–H and O–H groups in total. The van der Waals surface area contributed by atoms with Crippen molar-refractivity contribution in [1.82, 2.24) is 4.98 Å². The molecular formula is C12H19N3O3. The summed E-state index contributed by atoms with van der Waals surface area (Å²) in [4.78, 5) is 16.3. The highest BCUT2D eigenvalue weighted by Crippen LogP contribution is 2.21. The predicted octanol–water partition coefficient (Wildman–Crippen LogP) is 1.90. The highest BCUT2D eigenvalue weighted by Gasteiger charge is 2.14. The van der Waals surface area contributed by atoms with Crippen molar-refractivity contribution in [2.75, 3.05) is 24.6 Å². The van der Waals surface area contributed by atoms with Crippen LogP contribution in [0.2, 0.25) is 0 Å². The third-order valence-electron chi connectivity index (χ3n) is 2.74. The standard InChI is InChI=1S/C12H19N3O3/c1-3-4-5-14(6-7-16)12-8-10(2)11(9-13-12)15(17)18/h8-9,16H,3-7H2,1-2H3. The summed E-state index contributed by atoms with van der Waals surface area (Å²) in [6, 6.07) is 1.70. The largest absolute Gasteiger partial charge is 0.395 e. The molecule has 0 aromatic carbocycles. The zero-order chi connectivity index (χ0) is 13.5. The molecule has 1 rings (SSSR count). The molecule has 0 aliphatic rings. The van der Waals surface area contributed by atoms with E-state index in [1.165, 1.54) is 6.20 Å². The third-order valence-corrected chi connectivity index (χ3v) is 2.74. The summed E-state index contributed by atoms with van der Waals surface area (Å²) >= 11 is 0. The number of aliphatic hydroxyl groups excluding tert-OH is 1. The van der Waals surface area contributed by atoms with Gasteiger partial charge in [0, 0.05) is 18.7 Å². The van der Waals surface area contributed by atoms with E-state index in [1.54, 1.807) is 13.0 Å². The van der Waals surface area contributed by atoms with Crippen molar-refractivity contribution >= 4 is 11.5 Å². The van der Waals surface area contributed by atoms with E-state index in [9.17, 15) is 10.1 Å². The van der Waals surface area contributed by atoms with Crippen molar-refractivity contribution in [3.05, 3.63) is 27.9 Å². The number of aryl methyl sites for hydroxylation is 1. The maximum Gasteiger partial charge on any atom is 0.290 e. The van der Waals surface area contributed by atoms with Crippen LogP contribution in [-0.4, -0.2) is 34.7 Å². The van der Waals surface area contributed by atoms with Crippen molar-refractivity contribution in [2.45, 2.75) is 26.7 Å². The Hall–Kier alpha value is -1.69. The molecule has 0 saturated heterocycles. The van der Waals surface area contributed by atoms with Crippen LogP contribution in [0.5, 0.6) is 0 Å². The Morgan fingerprint density at radius 1 is 1.50 bits per heavy atom. The zero-order valence-corrected chi connectivity index (χ0v) is 10.8.